The van der Waals surface area contributed by atoms with E-state index in [9.17, 15) is 8.42 Å². The molecule has 154 valence electrons. The molecule has 0 fully saturated rings. The summed E-state index contributed by atoms with van der Waals surface area (Å²) in [5, 5.41) is 2.92. The van der Waals surface area contributed by atoms with E-state index in [0.717, 1.165) is 5.76 Å². The van der Waals surface area contributed by atoms with E-state index in [1.807, 2.05) is 0 Å². The molecule has 0 aliphatic rings. The number of hydrogen-bond acceptors (Lipinski definition) is 7. The minimum Gasteiger partial charge on any atom is -0.467 e. The molecule has 2 N–H and O–H groups in total. The van der Waals surface area contributed by atoms with Crippen molar-refractivity contribution in [1.82, 2.24) is 15.3 Å². The van der Waals surface area contributed by atoms with E-state index < -0.39 is 10.0 Å². The highest BCUT2D eigenvalue weighted by molar-refractivity contribution is 7.92. The van der Waals surface area contributed by atoms with Crippen LogP contribution >= 0.6 is 34.8 Å². The SMILES string of the molecule is CNCc1ccc(COc2ncc(Cl)nc2NS(=O)(=O)c2cccc(Cl)c2Cl)o1. The lowest BCUT2D eigenvalue weighted by Crippen LogP contribution is -2.16. The van der Waals surface area contributed by atoms with Crippen LogP contribution in [-0.2, 0) is 23.2 Å². The number of rotatable bonds is 8. The summed E-state index contributed by atoms with van der Waals surface area (Å²) < 4.78 is 38.9. The molecule has 0 aliphatic heterocycles. The molecule has 2 aromatic heterocycles. The Labute approximate surface area is 182 Å². The molecule has 2 heterocycles. The first-order chi connectivity index (χ1) is 13.8. The number of anilines is 1. The summed E-state index contributed by atoms with van der Waals surface area (Å²) in [6, 6.07) is 7.78. The number of halogens is 3. The standard InChI is InChI=1S/C17H15Cl3N4O4S/c1-21-7-10-5-6-11(28-10)9-27-17-16(23-14(19)8-22-17)24-29(25,26)13-4-2-3-12(18)15(13)20/h2-6,8,21H,7,9H2,1H3,(H,23,24). The van der Waals surface area contributed by atoms with Crippen LogP contribution in [0.25, 0.3) is 0 Å². The van der Waals surface area contributed by atoms with Crippen molar-refractivity contribution in [3.8, 4) is 5.88 Å². The second-order valence-corrected chi connectivity index (χ2v) is 8.51. The first kappa shape index (κ1) is 21.7. The van der Waals surface area contributed by atoms with Gasteiger partial charge in [-0.1, -0.05) is 40.9 Å². The fourth-order valence-electron chi connectivity index (χ4n) is 2.31. The highest BCUT2D eigenvalue weighted by atomic mass is 35.5. The molecule has 0 spiro atoms. The summed E-state index contributed by atoms with van der Waals surface area (Å²) in [6.07, 6.45) is 1.23. The quantitative estimate of drug-likeness (QED) is 0.502. The van der Waals surface area contributed by atoms with Gasteiger partial charge in [-0.2, -0.15) is 0 Å². The number of benzene rings is 1. The maximum atomic E-state index is 12.7. The normalized spacial score (nSPS) is 11.4. The summed E-state index contributed by atoms with van der Waals surface area (Å²) in [5.74, 6) is 0.974. The Morgan fingerprint density at radius 3 is 2.66 bits per heavy atom. The second kappa shape index (κ2) is 9.19. The van der Waals surface area contributed by atoms with Gasteiger partial charge in [0.25, 0.3) is 15.9 Å². The molecule has 3 aromatic rings. The highest BCUT2D eigenvalue weighted by Gasteiger charge is 2.23. The Morgan fingerprint density at radius 2 is 1.90 bits per heavy atom. The summed E-state index contributed by atoms with van der Waals surface area (Å²) in [5.41, 5.74) is 0. The lowest BCUT2D eigenvalue weighted by atomic mass is 10.4. The molecular formula is C17H15Cl3N4O4S. The van der Waals surface area contributed by atoms with Gasteiger partial charge in [-0.25, -0.2) is 18.4 Å². The summed E-state index contributed by atoms with van der Waals surface area (Å²) >= 11 is 17.8. The lowest BCUT2D eigenvalue weighted by Gasteiger charge is -2.12. The Morgan fingerprint density at radius 1 is 1.14 bits per heavy atom. The Kier molecular flexibility index (Phi) is 6.86. The molecule has 0 saturated heterocycles. The van der Waals surface area contributed by atoms with Gasteiger partial charge in [-0.15, -0.1) is 0 Å². The molecule has 0 saturated carbocycles. The molecule has 0 amide bonds. The van der Waals surface area contributed by atoms with Crippen LogP contribution in [0.1, 0.15) is 11.5 Å². The highest BCUT2D eigenvalue weighted by Crippen LogP contribution is 2.31. The van der Waals surface area contributed by atoms with Crippen LogP contribution in [0.4, 0.5) is 5.82 Å². The second-order valence-electron chi connectivity index (χ2n) is 5.69. The Hall–Kier alpha value is -2.04. The third kappa shape index (κ3) is 5.31. The van der Waals surface area contributed by atoms with Gasteiger partial charge in [-0.05, 0) is 31.3 Å². The molecular weight excluding hydrogens is 463 g/mol. The molecule has 12 heteroatoms. The van der Waals surface area contributed by atoms with E-state index in [-0.39, 0.29) is 38.4 Å². The van der Waals surface area contributed by atoms with Crippen molar-refractivity contribution in [2.24, 2.45) is 0 Å². The topological polar surface area (TPSA) is 106 Å². The van der Waals surface area contributed by atoms with E-state index >= 15 is 0 Å². The fourth-order valence-corrected chi connectivity index (χ4v) is 4.21. The van der Waals surface area contributed by atoms with E-state index in [1.54, 1.807) is 19.2 Å². The van der Waals surface area contributed by atoms with Gasteiger partial charge in [0.05, 0.1) is 22.8 Å². The van der Waals surface area contributed by atoms with Crippen molar-refractivity contribution >= 4 is 50.6 Å². The molecule has 0 aliphatic carbocycles. The molecule has 0 radical (unpaired) electrons. The summed E-state index contributed by atoms with van der Waals surface area (Å²) in [7, 11) is -2.33. The van der Waals surface area contributed by atoms with Crippen molar-refractivity contribution in [3.63, 3.8) is 0 Å². The fraction of sp³-hybridized carbons (Fsp3) is 0.176. The maximum absolute atomic E-state index is 12.7. The average molecular weight is 478 g/mol. The van der Waals surface area contributed by atoms with Crippen molar-refractivity contribution in [2.75, 3.05) is 11.8 Å². The number of aromatic nitrogens is 2. The van der Waals surface area contributed by atoms with Gasteiger partial charge in [0, 0.05) is 0 Å². The first-order valence-electron chi connectivity index (χ1n) is 8.14. The largest absolute Gasteiger partial charge is 0.467 e. The van der Waals surface area contributed by atoms with E-state index in [2.05, 4.69) is 20.0 Å². The Bertz CT molecular complexity index is 1120. The lowest BCUT2D eigenvalue weighted by molar-refractivity contribution is 0.257. The predicted octanol–water partition coefficient (Wildman–Crippen LogP) is 4.13. The zero-order chi connectivity index (χ0) is 21.0. The zero-order valence-electron chi connectivity index (χ0n) is 14.9. The third-order valence-electron chi connectivity index (χ3n) is 3.57. The number of furan rings is 1. The number of hydrogen-bond donors (Lipinski definition) is 2. The number of sulfonamides is 1. The molecule has 3 rings (SSSR count). The predicted molar refractivity (Wildman–Crippen MR) is 110 cm³/mol. The molecule has 8 nitrogen and oxygen atoms in total. The smallest absolute Gasteiger partial charge is 0.264 e. The van der Waals surface area contributed by atoms with Crippen LogP contribution in [0.3, 0.4) is 0 Å². The molecule has 0 atom stereocenters. The van der Waals surface area contributed by atoms with Crippen molar-refractivity contribution < 1.29 is 17.6 Å². The van der Waals surface area contributed by atoms with Gasteiger partial charge in [-0.3, -0.25) is 4.72 Å². The summed E-state index contributed by atoms with van der Waals surface area (Å²) in [6.45, 7) is 0.568. The van der Waals surface area contributed by atoms with Crippen molar-refractivity contribution in [2.45, 2.75) is 18.0 Å². The third-order valence-corrected chi connectivity index (χ3v) is 6.06. The van der Waals surface area contributed by atoms with E-state index in [4.69, 9.17) is 44.0 Å². The number of nitrogens with zero attached hydrogens (tertiary/aromatic N) is 2. The zero-order valence-corrected chi connectivity index (χ0v) is 18.0. The number of nitrogens with one attached hydrogen (secondary N) is 2. The van der Waals surface area contributed by atoms with Gasteiger partial charge in [0.1, 0.15) is 28.2 Å². The van der Waals surface area contributed by atoms with Crippen LogP contribution in [-0.4, -0.2) is 25.4 Å². The van der Waals surface area contributed by atoms with E-state index in [1.165, 1.54) is 24.4 Å². The van der Waals surface area contributed by atoms with Crippen molar-refractivity contribution in [1.29, 1.82) is 0 Å². The minimum atomic E-state index is -4.13. The number of ether oxygens (including phenoxy) is 1. The van der Waals surface area contributed by atoms with Crippen LogP contribution in [0.2, 0.25) is 15.2 Å². The van der Waals surface area contributed by atoms with Gasteiger partial charge in [0.2, 0.25) is 5.82 Å². The molecule has 0 bridgehead atoms. The van der Waals surface area contributed by atoms with Crippen LogP contribution in [0, 0.1) is 0 Å². The molecule has 29 heavy (non-hydrogen) atoms. The molecule has 1 aromatic carbocycles. The van der Waals surface area contributed by atoms with Gasteiger partial charge < -0.3 is 14.5 Å². The van der Waals surface area contributed by atoms with E-state index in [0.29, 0.717) is 12.3 Å². The van der Waals surface area contributed by atoms with Gasteiger partial charge in [0.15, 0.2) is 0 Å². The first-order valence-corrected chi connectivity index (χ1v) is 10.8. The summed E-state index contributed by atoms with van der Waals surface area (Å²) in [4.78, 5) is 7.73. The monoisotopic (exact) mass is 476 g/mol. The minimum absolute atomic E-state index is 0.00662. The molecule has 0 unspecified atom stereocenters. The van der Waals surface area contributed by atoms with Crippen LogP contribution in [0.5, 0.6) is 5.88 Å². The Balaban J connectivity index is 1.83. The van der Waals surface area contributed by atoms with Crippen LogP contribution < -0.4 is 14.8 Å². The van der Waals surface area contributed by atoms with Crippen LogP contribution in [0.15, 0.2) is 45.8 Å². The maximum Gasteiger partial charge on any atom is 0.264 e. The average Bonchev–Trinajstić information content (AvgIpc) is 3.11. The van der Waals surface area contributed by atoms with Crippen molar-refractivity contribution in [3.05, 3.63) is 63.2 Å². The van der Waals surface area contributed by atoms with Gasteiger partial charge >= 0.3 is 0 Å².